The largest absolute Gasteiger partial charge is 0.481 e. The summed E-state index contributed by atoms with van der Waals surface area (Å²) >= 11 is 0. The zero-order valence-electron chi connectivity index (χ0n) is 14.8. The lowest BCUT2D eigenvalue weighted by atomic mass is 9.87. The van der Waals surface area contributed by atoms with Gasteiger partial charge in [0.2, 0.25) is 5.88 Å². The number of methoxy groups -OCH3 is 1. The average molecular weight is 328 g/mol. The first kappa shape index (κ1) is 17.8. The number of aromatic nitrogens is 1. The second-order valence-corrected chi connectivity index (χ2v) is 6.62. The minimum Gasteiger partial charge on any atom is -0.481 e. The van der Waals surface area contributed by atoms with E-state index in [1.165, 1.54) is 0 Å². The first-order valence-electron chi connectivity index (χ1n) is 7.87. The van der Waals surface area contributed by atoms with Gasteiger partial charge in [0.1, 0.15) is 5.75 Å². The second-order valence-electron chi connectivity index (χ2n) is 6.62. The highest BCUT2D eigenvalue weighted by Gasteiger charge is 2.18. The molecule has 24 heavy (non-hydrogen) atoms. The fraction of sp³-hybridized carbons (Fsp3) is 0.368. The van der Waals surface area contributed by atoms with Crippen molar-refractivity contribution in [1.29, 1.82) is 0 Å². The van der Waals surface area contributed by atoms with Gasteiger partial charge in [0.15, 0.2) is 6.10 Å². The van der Waals surface area contributed by atoms with Crippen molar-refractivity contribution in [2.24, 2.45) is 0 Å². The van der Waals surface area contributed by atoms with Gasteiger partial charge in [0, 0.05) is 6.07 Å². The Kier molecular flexibility index (Phi) is 5.44. The molecule has 5 heteroatoms. The molecule has 0 bridgehead atoms. The zero-order valence-corrected chi connectivity index (χ0v) is 14.8. The molecular formula is C19H24N2O3. The summed E-state index contributed by atoms with van der Waals surface area (Å²) in [5.41, 5.74) is 1.78. The smallest absolute Gasteiger partial charge is 0.265 e. The van der Waals surface area contributed by atoms with Crippen LogP contribution < -0.4 is 14.8 Å². The van der Waals surface area contributed by atoms with E-state index in [0.717, 1.165) is 5.56 Å². The number of nitrogens with one attached hydrogen (secondary N) is 1. The van der Waals surface area contributed by atoms with Gasteiger partial charge in [0.25, 0.3) is 5.91 Å². The van der Waals surface area contributed by atoms with Crippen molar-refractivity contribution in [3.63, 3.8) is 0 Å². The Labute approximate surface area is 143 Å². The highest BCUT2D eigenvalue weighted by molar-refractivity contribution is 5.93. The predicted octanol–water partition coefficient (Wildman–Crippen LogP) is 3.79. The van der Waals surface area contributed by atoms with Crippen molar-refractivity contribution in [1.82, 2.24) is 4.98 Å². The first-order valence-corrected chi connectivity index (χ1v) is 7.87. The number of ether oxygens (including phenoxy) is 2. The third-order valence-electron chi connectivity index (χ3n) is 3.60. The van der Waals surface area contributed by atoms with Crippen LogP contribution in [0.4, 0.5) is 5.69 Å². The molecule has 0 aliphatic rings. The molecule has 2 aromatic rings. The van der Waals surface area contributed by atoms with Crippen LogP contribution in [-0.2, 0) is 10.2 Å². The summed E-state index contributed by atoms with van der Waals surface area (Å²) < 4.78 is 10.8. The van der Waals surface area contributed by atoms with Crippen LogP contribution >= 0.6 is 0 Å². The molecule has 0 spiro atoms. The van der Waals surface area contributed by atoms with E-state index in [1.807, 2.05) is 18.2 Å². The van der Waals surface area contributed by atoms with E-state index in [4.69, 9.17) is 9.47 Å². The molecule has 0 radical (unpaired) electrons. The number of carbonyl (C=O) groups excluding carboxylic acids is 1. The molecule has 0 saturated heterocycles. The molecule has 128 valence electrons. The van der Waals surface area contributed by atoms with Crippen molar-refractivity contribution in [2.45, 2.75) is 39.2 Å². The van der Waals surface area contributed by atoms with E-state index >= 15 is 0 Å². The first-order chi connectivity index (χ1) is 11.3. The minimum absolute atomic E-state index is 0.0274. The SMILES string of the molecule is COc1ccc(NC(=O)C(C)Oc2cccc(C(C)(C)C)c2)cn1. The van der Waals surface area contributed by atoms with Crippen LogP contribution in [0.1, 0.15) is 33.3 Å². The summed E-state index contributed by atoms with van der Waals surface area (Å²) in [6, 6.07) is 11.2. The molecule has 0 aliphatic heterocycles. The Bertz CT molecular complexity index is 691. The van der Waals surface area contributed by atoms with Crippen LogP contribution in [0.2, 0.25) is 0 Å². The Morgan fingerprint density at radius 3 is 2.54 bits per heavy atom. The van der Waals surface area contributed by atoms with Gasteiger partial charge in [-0.25, -0.2) is 4.98 Å². The van der Waals surface area contributed by atoms with Gasteiger partial charge in [-0.3, -0.25) is 4.79 Å². The van der Waals surface area contributed by atoms with Gasteiger partial charge in [-0.1, -0.05) is 32.9 Å². The molecular weight excluding hydrogens is 304 g/mol. The highest BCUT2D eigenvalue weighted by atomic mass is 16.5. The maximum absolute atomic E-state index is 12.3. The molecule has 2 rings (SSSR count). The van der Waals surface area contributed by atoms with E-state index in [0.29, 0.717) is 17.3 Å². The quantitative estimate of drug-likeness (QED) is 0.907. The Morgan fingerprint density at radius 2 is 1.96 bits per heavy atom. The number of benzene rings is 1. The van der Waals surface area contributed by atoms with Crippen LogP contribution in [0.15, 0.2) is 42.6 Å². The maximum atomic E-state index is 12.3. The number of hydrogen-bond donors (Lipinski definition) is 1. The molecule has 1 amide bonds. The number of pyridine rings is 1. The van der Waals surface area contributed by atoms with Gasteiger partial charge < -0.3 is 14.8 Å². The summed E-state index contributed by atoms with van der Waals surface area (Å²) in [6.45, 7) is 8.13. The van der Waals surface area contributed by atoms with Gasteiger partial charge in [-0.2, -0.15) is 0 Å². The number of nitrogens with zero attached hydrogens (tertiary/aromatic N) is 1. The highest BCUT2D eigenvalue weighted by Crippen LogP contribution is 2.26. The molecule has 1 aromatic carbocycles. The van der Waals surface area contributed by atoms with Crippen LogP contribution in [0.25, 0.3) is 0 Å². The minimum atomic E-state index is -0.623. The lowest BCUT2D eigenvalue weighted by Gasteiger charge is -2.21. The van der Waals surface area contributed by atoms with E-state index in [1.54, 1.807) is 32.4 Å². The van der Waals surface area contributed by atoms with Crippen molar-refractivity contribution in [2.75, 3.05) is 12.4 Å². The predicted molar refractivity (Wildman–Crippen MR) is 94.7 cm³/mol. The molecule has 0 aliphatic carbocycles. The molecule has 1 N–H and O–H groups in total. The lowest BCUT2D eigenvalue weighted by Crippen LogP contribution is -2.30. The lowest BCUT2D eigenvalue weighted by molar-refractivity contribution is -0.122. The molecule has 0 fully saturated rings. The van der Waals surface area contributed by atoms with Crippen LogP contribution in [0, 0.1) is 0 Å². The van der Waals surface area contributed by atoms with Gasteiger partial charge in [0.05, 0.1) is 19.0 Å². The molecule has 1 atom stereocenters. The third-order valence-corrected chi connectivity index (χ3v) is 3.60. The standard InChI is InChI=1S/C19H24N2O3/c1-13(18(22)21-15-9-10-17(23-5)20-12-15)24-16-8-6-7-14(11-16)19(2,3)4/h6-13H,1-5H3,(H,21,22). The van der Waals surface area contributed by atoms with E-state index in [-0.39, 0.29) is 11.3 Å². The van der Waals surface area contributed by atoms with Gasteiger partial charge in [-0.05, 0) is 36.1 Å². The molecule has 5 nitrogen and oxygen atoms in total. The summed E-state index contributed by atoms with van der Waals surface area (Å²) in [4.78, 5) is 16.3. The Balaban J connectivity index is 2.00. The van der Waals surface area contributed by atoms with E-state index in [9.17, 15) is 4.79 Å². The van der Waals surface area contributed by atoms with E-state index in [2.05, 4.69) is 37.1 Å². The van der Waals surface area contributed by atoms with Gasteiger partial charge in [-0.15, -0.1) is 0 Å². The zero-order chi connectivity index (χ0) is 17.7. The summed E-state index contributed by atoms with van der Waals surface area (Å²) in [7, 11) is 1.54. The summed E-state index contributed by atoms with van der Waals surface area (Å²) in [5, 5.41) is 2.78. The van der Waals surface area contributed by atoms with Crippen LogP contribution in [0.5, 0.6) is 11.6 Å². The average Bonchev–Trinajstić information content (AvgIpc) is 2.55. The van der Waals surface area contributed by atoms with Crippen LogP contribution in [0.3, 0.4) is 0 Å². The van der Waals surface area contributed by atoms with Crippen LogP contribution in [-0.4, -0.2) is 24.1 Å². The number of rotatable bonds is 5. The Hall–Kier alpha value is -2.56. The van der Waals surface area contributed by atoms with Crippen molar-refractivity contribution >= 4 is 11.6 Å². The number of anilines is 1. The second kappa shape index (κ2) is 7.34. The van der Waals surface area contributed by atoms with Gasteiger partial charge >= 0.3 is 0 Å². The maximum Gasteiger partial charge on any atom is 0.265 e. The summed E-state index contributed by atoms with van der Waals surface area (Å²) in [5.74, 6) is 0.942. The topological polar surface area (TPSA) is 60.5 Å². The van der Waals surface area contributed by atoms with Crippen molar-refractivity contribution in [3.05, 3.63) is 48.2 Å². The fourth-order valence-electron chi connectivity index (χ4n) is 2.11. The van der Waals surface area contributed by atoms with E-state index < -0.39 is 6.10 Å². The number of carbonyl (C=O) groups is 1. The molecule has 1 aromatic heterocycles. The molecule has 1 heterocycles. The fourth-order valence-corrected chi connectivity index (χ4v) is 2.11. The van der Waals surface area contributed by atoms with Crippen molar-refractivity contribution < 1.29 is 14.3 Å². The molecule has 1 unspecified atom stereocenters. The van der Waals surface area contributed by atoms with Crippen molar-refractivity contribution in [3.8, 4) is 11.6 Å². The molecule has 0 saturated carbocycles. The number of amides is 1. The normalized spacial score (nSPS) is 12.4. The third kappa shape index (κ3) is 4.72. The number of hydrogen-bond acceptors (Lipinski definition) is 4. The summed E-state index contributed by atoms with van der Waals surface area (Å²) in [6.07, 6.45) is 0.922. The Morgan fingerprint density at radius 1 is 1.21 bits per heavy atom. The monoisotopic (exact) mass is 328 g/mol.